The number of hydrogen-bond acceptors (Lipinski definition) is 10. The van der Waals surface area contributed by atoms with Gasteiger partial charge in [-0.15, -0.1) is 0 Å². The average Bonchev–Trinajstić information content (AvgIpc) is 3.54. The van der Waals surface area contributed by atoms with E-state index < -0.39 is 82.8 Å². The Bertz CT molecular complexity index is 1420. The van der Waals surface area contributed by atoms with E-state index in [0.29, 0.717) is 12.8 Å². The van der Waals surface area contributed by atoms with E-state index in [-0.39, 0.29) is 50.1 Å². The third-order valence-electron chi connectivity index (χ3n) is 9.01. The third kappa shape index (κ3) is 13.6. The van der Waals surface area contributed by atoms with Crippen molar-refractivity contribution < 1.29 is 47.1 Å². The second-order valence-electron chi connectivity index (χ2n) is 15.5. The number of amides is 4. The van der Waals surface area contributed by atoms with E-state index in [9.17, 15) is 42.3 Å². The van der Waals surface area contributed by atoms with Crippen LogP contribution in [0.2, 0.25) is 0 Å². The van der Waals surface area contributed by atoms with Gasteiger partial charge in [-0.25, -0.2) is 4.79 Å². The van der Waals surface area contributed by atoms with Gasteiger partial charge in [-0.3, -0.25) is 28.8 Å². The van der Waals surface area contributed by atoms with Crippen LogP contribution in [0.5, 0.6) is 0 Å². The number of likely N-dealkylation sites (tertiary alicyclic amines) is 1. The third-order valence-corrected chi connectivity index (χ3v) is 9.70. The van der Waals surface area contributed by atoms with Gasteiger partial charge in [0.1, 0.15) is 12.1 Å². The minimum absolute atomic E-state index is 0.0541. The first kappa shape index (κ1) is 45.5. The predicted octanol–water partition coefficient (Wildman–Crippen LogP) is 2.03. The Morgan fingerprint density at radius 2 is 1.60 bits per heavy atom. The molecule has 298 valence electrons. The molecule has 1 saturated heterocycles. The van der Waals surface area contributed by atoms with Crippen LogP contribution in [0.3, 0.4) is 0 Å². The molecule has 17 heteroatoms. The van der Waals surface area contributed by atoms with Crippen LogP contribution < -0.4 is 26.6 Å². The van der Waals surface area contributed by atoms with Gasteiger partial charge in [0.25, 0.3) is 5.66 Å². The summed E-state index contributed by atoms with van der Waals surface area (Å²) in [5.41, 5.74) is -6.59. The van der Waals surface area contributed by atoms with Crippen LogP contribution in [0.15, 0.2) is 24.3 Å². The van der Waals surface area contributed by atoms with E-state index in [4.69, 9.17) is 4.74 Å². The van der Waals surface area contributed by atoms with Crippen LogP contribution in [0, 0.1) is 17.3 Å². The largest absolute Gasteiger partial charge is 0.437 e. The zero-order chi connectivity index (χ0) is 40.3. The molecule has 14 nitrogen and oxygen atoms in total. The molecular formula is C36H57F2N6O8P. The summed E-state index contributed by atoms with van der Waals surface area (Å²) in [5.74, 6) is -4.17. The van der Waals surface area contributed by atoms with E-state index in [1.807, 2.05) is 18.2 Å². The number of nitrogens with one attached hydrogen (secondary N) is 5. The first-order valence-electron chi connectivity index (χ1n) is 17.8. The summed E-state index contributed by atoms with van der Waals surface area (Å²) in [6.07, 6.45) is 7.51. The lowest BCUT2D eigenvalue weighted by atomic mass is 9.85. The molecule has 0 spiro atoms. The van der Waals surface area contributed by atoms with Crippen molar-refractivity contribution >= 4 is 50.4 Å². The highest BCUT2D eigenvalue weighted by Gasteiger charge is 2.48. The van der Waals surface area contributed by atoms with Gasteiger partial charge in [-0.05, 0) is 57.9 Å². The fourth-order valence-corrected chi connectivity index (χ4v) is 5.95. The van der Waals surface area contributed by atoms with Gasteiger partial charge in [-0.1, -0.05) is 68.2 Å². The molecule has 0 bridgehead atoms. The van der Waals surface area contributed by atoms with Crippen molar-refractivity contribution in [2.24, 2.45) is 17.3 Å². The van der Waals surface area contributed by atoms with Crippen LogP contribution in [0.25, 0.3) is 0 Å². The number of carbonyl (C=O) groups excluding carboxylic acids is 7. The van der Waals surface area contributed by atoms with E-state index in [0.717, 1.165) is 13.8 Å². The number of likely N-dealkylation sites (N-methyl/N-ethyl adjacent to an activating group) is 1. The molecule has 4 amide bonds. The number of Topliss-reactive ketones (excluding diaryl/α,β-unsaturated/α-hetero) is 3. The van der Waals surface area contributed by atoms with Gasteiger partial charge in [0, 0.05) is 12.5 Å². The molecule has 0 aromatic carbocycles. The van der Waals surface area contributed by atoms with Crippen molar-refractivity contribution in [3.63, 3.8) is 0 Å². The molecule has 5 N–H and O–H groups in total. The number of alkyl carbamates (subject to hydrolysis) is 1. The Morgan fingerprint density at radius 3 is 2.15 bits per heavy atom. The number of carbonyl (C=O) groups is 7. The van der Waals surface area contributed by atoms with Crippen molar-refractivity contribution in [1.29, 1.82) is 0 Å². The van der Waals surface area contributed by atoms with E-state index >= 15 is 0 Å². The quantitative estimate of drug-likeness (QED) is 0.0960. The maximum atomic E-state index is 14.0. The first-order valence-corrected chi connectivity index (χ1v) is 18.4. The topological polar surface area (TPSA) is 192 Å². The van der Waals surface area contributed by atoms with E-state index in [2.05, 4.69) is 26.6 Å². The van der Waals surface area contributed by atoms with Gasteiger partial charge >= 0.3 is 6.09 Å². The minimum atomic E-state index is -3.46. The molecule has 0 aromatic heterocycles. The molecule has 6 unspecified atom stereocenters. The minimum Gasteiger partial charge on any atom is -0.437 e. The van der Waals surface area contributed by atoms with E-state index in [1.54, 1.807) is 47.7 Å². The molecule has 0 radical (unpaired) electrons. The number of nitrogens with zero attached hydrogens (tertiary/aromatic N) is 1. The van der Waals surface area contributed by atoms with Crippen LogP contribution in [0.4, 0.5) is 13.6 Å². The Balaban J connectivity index is 2.09. The van der Waals surface area contributed by atoms with Gasteiger partial charge in [0.15, 0.2) is 11.4 Å². The summed E-state index contributed by atoms with van der Waals surface area (Å²) in [5, 5.41) is 13.2. The summed E-state index contributed by atoms with van der Waals surface area (Å²) in [7, 11) is 2.94. The highest BCUT2D eigenvalue weighted by molar-refractivity contribution is 7.18. The first-order chi connectivity index (χ1) is 24.5. The average molecular weight is 771 g/mol. The normalized spacial score (nSPS) is 19.3. The fraction of sp³-hybridized carbons (Fsp3) is 0.694. The summed E-state index contributed by atoms with van der Waals surface area (Å²) in [4.78, 5) is 93.3. The van der Waals surface area contributed by atoms with Crippen molar-refractivity contribution in [1.82, 2.24) is 31.5 Å². The maximum Gasteiger partial charge on any atom is 0.408 e. The predicted molar refractivity (Wildman–Crippen MR) is 198 cm³/mol. The number of halogens is 2. The second-order valence-corrected chi connectivity index (χ2v) is 16.2. The molecule has 2 aliphatic rings. The van der Waals surface area contributed by atoms with Crippen LogP contribution in [-0.4, -0.2) is 115 Å². The Hall–Kier alpha value is -3.62. The molecule has 1 fully saturated rings. The van der Waals surface area contributed by atoms with Crippen LogP contribution >= 0.6 is 9.24 Å². The second kappa shape index (κ2) is 19.6. The molecule has 0 aromatic rings. The molecule has 1 heterocycles. The smallest absolute Gasteiger partial charge is 0.408 e. The van der Waals surface area contributed by atoms with Gasteiger partial charge < -0.3 is 36.2 Å². The summed E-state index contributed by atoms with van der Waals surface area (Å²) in [6.45, 7) is 10.0. The summed E-state index contributed by atoms with van der Waals surface area (Å²) >= 11 is 0. The number of alkyl halides is 2. The van der Waals surface area contributed by atoms with Gasteiger partial charge in [-0.2, -0.15) is 8.78 Å². The molecule has 53 heavy (non-hydrogen) atoms. The standard InChI is InChI=1S/C36H57F2N6O8P/c1-21(2)17-23(29(48)26(46)19-40-20-27(47)42-28(25(45)18-39-8)22-13-10-9-11-14-22)41-31(49)24-15-12-16-44(24)32(50)30(34(3,4)5)43-33(51)52-35(6,7)36(37,38)53/h9-11,13,21-24,28,30,39-40H,12,14-20,53H2,1-8H3,(H,41,49)(H,42,47)(H,43,51). The van der Waals surface area contributed by atoms with Crippen LogP contribution in [-0.2, 0) is 33.5 Å². The number of ketones is 3. The molecule has 1 aliphatic carbocycles. The maximum absolute atomic E-state index is 14.0. The molecule has 6 atom stereocenters. The van der Waals surface area contributed by atoms with Crippen LogP contribution in [0.1, 0.15) is 74.1 Å². The lowest BCUT2D eigenvalue weighted by Gasteiger charge is -2.37. The van der Waals surface area contributed by atoms with Gasteiger partial charge in [0.05, 0.1) is 31.7 Å². The monoisotopic (exact) mass is 770 g/mol. The van der Waals surface area contributed by atoms with Gasteiger partial charge in [0.2, 0.25) is 29.3 Å². The zero-order valence-corrected chi connectivity index (χ0v) is 33.1. The SMILES string of the molecule is CNCC(=O)C(NC(=O)CNCC(=O)C(=O)C(CC(C)C)NC(=O)C1CCCN1C(=O)C(NC(=O)OC(C)(C)C(F)(F)P)C(C)(C)C)C1C=CC=CC1. The van der Waals surface area contributed by atoms with Crippen molar-refractivity contribution in [2.75, 3.05) is 33.2 Å². The zero-order valence-electron chi connectivity index (χ0n) is 32.0. The number of allylic oxidation sites excluding steroid dienone is 3. The fourth-order valence-electron chi connectivity index (χ4n) is 5.89. The summed E-state index contributed by atoms with van der Waals surface area (Å²) in [6, 6.07) is -4.31. The Morgan fingerprint density at radius 1 is 0.943 bits per heavy atom. The Kier molecular flexibility index (Phi) is 16.9. The number of ether oxygens (including phenoxy) is 1. The number of hydrogen-bond donors (Lipinski definition) is 5. The highest BCUT2D eigenvalue weighted by atomic mass is 31.0. The molecular weight excluding hydrogens is 713 g/mol. The molecule has 2 rings (SSSR count). The lowest BCUT2D eigenvalue weighted by Crippen LogP contribution is -2.59. The Labute approximate surface area is 313 Å². The molecule has 1 aliphatic heterocycles. The number of rotatable bonds is 19. The molecule has 0 saturated carbocycles. The van der Waals surface area contributed by atoms with Crippen molar-refractivity contribution in [3.8, 4) is 0 Å². The highest BCUT2D eigenvalue weighted by Crippen LogP contribution is 2.37. The summed E-state index contributed by atoms with van der Waals surface area (Å²) < 4.78 is 32.9. The van der Waals surface area contributed by atoms with Crippen molar-refractivity contribution in [3.05, 3.63) is 24.3 Å². The van der Waals surface area contributed by atoms with E-state index in [1.165, 1.54) is 14.1 Å². The van der Waals surface area contributed by atoms with Crippen molar-refractivity contribution in [2.45, 2.75) is 110 Å². The lowest BCUT2D eigenvalue weighted by molar-refractivity contribution is -0.144.